The molecule has 2 amide bonds. The fourth-order valence-corrected chi connectivity index (χ4v) is 2.19. The van der Waals surface area contributed by atoms with Crippen LogP contribution in [0.2, 0.25) is 0 Å². The Balaban J connectivity index is 2.06. The summed E-state index contributed by atoms with van der Waals surface area (Å²) in [6.45, 7) is 0. The molecule has 3 N–H and O–H groups in total. The first-order valence-corrected chi connectivity index (χ1v) is 6.71. The molecular formula is C12H9F3N4O2S. The second-order valence-electron chi connectivity index (χ2n) is 4.17. The maximum atomic E-state index is 12.4. The number of hydrogen-bond acceptors (Lipinski definition) is 5. The number of thiazole rings is 1. The number of nitrogens with one attached hydrogen (secondary N) is 1. The maximum absolute atomic E-state index is 12.4. The molecule has 2 aromatic heterocycles. The number of halogens is 3. The van der Waals surface area contributed by atoms with Crippen LogP contribution in [0.15, 0.2) is 23.7 Å². The fraction of sp³-hybridized carbons (Fsp3) is 0.167. The molecule has 10 heteroatoms. The highest BCUT2D eigenvalue weighted by Crippen LogP contribution is 2.27. The summed E-state index contributed by atoms with van der Waals surface area (Å²) < 4.78 is 37.1. The van der Waals surface area contributed by atoms with E-state index in [0.717, 1.165) is 29.7 Å². The normalized spacial score (nSPS) is 11.2. The van der Waals surface area contributed by atoms with Gasteiger partial charge in [0.25, 0.3) is 5.91 Å². The first-order chi connectivity index (χ1) is 10.3. The van der Waals surface area contributed by atoms with Crippen LogP contribution in [-0.2, 0) is 17.4 Å². The van der Waals surface area contributed by atoms with Gasteiger partial charge in [0.05, 0.1) is 17.7 Å². The quantitative estimate of drug-likeness (QED) is 0.893. The van der Waals surface area contributed by atoms with E-state index in [1.165, 1.54) is 0 Å². The van der Waals surface area contributed by atoms with E-state index in [1.807, 2.05) is 0 Å². The predicted octanol–water partition coefficient (Wildman–Crippen LogP) is 1.84. The molecule has 6 nitrogen and oxygen atoms in total. The van der Waals surface area contributed by atoms with Gasteiger partial charge in [0, 0.05) is 11.6 Å². The van der Waals surface area contributed by atoms with Crippen LogP contribution in [0.4, 0.5) is 18.3 Å². The van der Waals surface area contributed by atoms with Gasteiger partial charge in [-0.05, 0) is 12.1 Å². The fourth-order valence-electron chi connectivity index (χ4n) is 1.49. The van der Waals surface area contributed by atoms with Crippen LogP contribution in [0.5, 0.6) is 0 Å². The largest absolute Gasteiger partial charge is 0.433 e. The van der Waals surface area contributed by atoms with Crippen molar-refractivity contribution < 1.29 is 22.8 Å². The molecule has 0 aliphatic heterocycles. The molecule has 22 heavy (non-hydrogen) atoms. The van der Waals surface area contributed by atoms with Gasteiger partial charge in [-0.1, -0.05) is 0 Å². The lowest BCUT2D eigenvalue weighted by Gasteiger charge is -2.06. The number of primary amides is 1. The van der Waals surface area contributed by atoms with Crippen LogP contribution in [-0.4, -0.2) is 21.8 Å². The van der Waals surface area contributed by atoms with E-state index in [1.54, 1.807) is 5.38 Å². The third kappa shape index (κ3) is 4.01. The molecule has 2 heterocycles. The van der Waals surface area contributed by atoms with Gasteiger partial charge in [0.2, 0.25) is 5.91 Å². The number of amides is 2. The average Bonchev–Trinajstić information content (AvgIpc) is 2.84. The highest BCUT2D eigenvalue weighted by molar-refractivity contribution is 7.14. The SMILES string of the molecule is NC(=O)Cc1csc(NC(=O)c2ccc(C(F)(F)F)nc2)n1. The molecule has 0 fully saturated rings. The zero-order valence-electron chi connectivity index (χ0n) is 10.8. The Hall–Kier alpha value is -2.49. The van der Waals surface area contributed by atoms with Crippen LogP contribution >= 0.6 is 11.3 Å². The van der Waals surface area contributed by atoms with Crippen molar-refractivity contribution in [3.05, 3.63) is 40.7 Å². The number of hydrogen-bond donors (Lipinski definition) is 2. The zero-order valence-corrected chi connectivity index (χ0v) is 11.7. The summed E-state index contributed by atoms with van der Waals surface area (Å²) >= 11 is 1.07. The number of carbonyl (C=O) groups excluding carboxylic acids is 2. The summed E-state index contributed by atoms with van der Waals surface area (Å²) in [4.78, 5) is 29.7. The first kappa shape index (κ1) is 15.9. The lowest BCUT2D eigenvalue weighted by molar-refractivity contribution is -0.141. The van der Waals surface area contributed by atoms with E-state index in [-0.39, 0.29) is 17.1 Å². The van der Waals surface area contributed by atoms with Gasteiger partial charge in [0.1, 0.15) is 5.69 Å². The van der Waals surface area contributed by atoms with Gasteiger partial charge >= 0.3 is 6.18 Å². The molecule has 116 valence electrons. The van der Waals surface area contributed by atoms with Gasteiger partial charge in [-0.2, -0.15) is 13.2 Å². The molecule has 0 radical (unpaired) electrons. The second kappa shape index (κ2) is 6.10. The van der Waals surface area contributed by atoms with Crippen molar-refractivity contribution in [2.45, 2.75) is 12.6 Å². The Labute approximate surface area is 126 Å². The van der Waals surface area contributed by atoms with Crippen LogP contribution in [0, 0.1) is 0 Å². The number of carbonyl (C=O) groups is 2. The first-order valence-electron chi connectivity index (χ1n) is 5.83. The molecule has 0 saturated heterocycles. The maximum Gasteiger partial charge on any atom is 0.433 e. The average molecular weight is 330 g/mol. The smallest absolute Gasteiger partial charge is 0.369 e. The molecule has 0 spiro atoms. The van der Waals surface area contributed by atoms with Crippen molar-refractivity contribution in [3.8, 4) is 0 Å². The van der Waals surface area contributed by atoms with E-state index >= 15 is 0 Å². The summed E-state index contributed by atoms with van der Waals surface area (Å²) in [5.41, 5.74) is 4.29. The minimum Gasteiger partial charge on any atom is -0.369 e. The summed E-state index contributed by atoms with van der Waals surface area (Å²) in [6.07, 6.45) is -3.79. The predicted molar refractivity (Wildman–Crippen MR) is 72.2 cm³/mol. The minimum atomic E-state index is -4.56. The van der Waals surface area contributed by atoms with Crippen molar-refractivity contribution in [1.82, 2.24) is 9.97 Å². The number of aromatic nitrogens is 2. The Morgan fingerprint density at radius 1 is 1.32 bits per heavy atom. The summed E-state index contributed by atoms with van der Waals surface area (Å²) in [6, 6.07) is 1.73. The molecule has 0 bridgehead atoms. The number of rotatable bonds is 4. The Bertz CT molecular complexity index is 697. The number of nitrogens with two attached hydrogens (primary N) is 1. The van der Waals surface area contributed by atoms with Crippen LogP contribution < -0.4 is 11.1 Å². The molecule has 2 aromatic rings. The summed E-state index contributed by atoms with van der Waals surface area (Å²) in [5.74, 6) is -1.21. The van der Waals surface area contributed by atoms with Gasteiger partial charge in [-0.25, -0.2) is 4.98 Å². The van der Waals surface area contributed by atoms with Crippen molar-refractivity contribution in [1.29, 1.82) is 0 Å². The Kier molecular flexibility index (Phi) is 4.40. The number of nitrogens with zero attached hydrogens (tertiary/aromatic N) is 2. The number of alkyl halides is 3. The molecule has 0 aliphatic rings. The van der Waals surface area contributed by atoms with Gasteiger partial charge < -0.3 is 5.73 Å². The van der Waals surface area contributed by atoms with E-state index < -0.39 is 23.7 Å². The van der Waals surface area contributed by atoms with E-state index in [9.17, 15) is 22.8 Å². The lowest BCUT2D eigenvalue weighted by Crippen LogP contribution is -2.15. The molecule has 0 aromatic carbocycles. The summed E-state index contributed by atoms with van der Waals surface area (Å²) in [5, 5.41) is 4.16. The molecule has 0 unspecified atom stereocenters. The minimum absolute atomic E-state index is 0.0420. The highest BCUT2D eigenvalue weighted by atomic mass is 32.1. The van der Waals surface area contributed by atoms with Gasteiger partial charge in [0.15, 0.2) is 5.13 Å². The van der Waals surface area contributed by atoms with Gasteiger partial charge in [-0.3, -0.25) is 19.9 Å². The van der Waals surface area contributed by atoms with E-state index in [2.05, 4.69) is 15.3 Å². The van der Waals surface area contributed by atoms with Crippen molar-refractivity contribution in [3.63, 3.8) is 0 Å². The standard InChI is InChI=1S/C12H9F3N4O2S/c13-12(14,15)8-2-1-6(4-17-8)10(21)19-11-18-7(5-22-11)3-9(16)20/h1-2,4-5H,3H2,(H2,16,20)(H,18,19,21). The Morgan fingerprint density at radius 3 is 2.59 bits per heavy atom. The van der Waals surface area contributed by atoms with Crippen LogP contribution in [0.25, 0.3) is 0 Å². The van der Waals surface area contributed by atoms with Crippen molar-refractivity contribution in [2.75, 3.05) is 5.32 Å². The molecule has 0 saturated carbocycles. The molecular weight excluding hydrogens is 321 g/mol. The van der Waals surface area contributed by atoms with Crippen LogP contribution in [0.1, 0.15) is 21.7 Å². The zero-order chi connectivity index (χ0) is 16.3. The lowest BCUT2D eigenvalue weighted by atomic mass is 10.2. The Morgan fingerprint density at radius 2 is 2.05 bits per heavy atom. The number of pyridine rings is 1. The third-order valence-electron chi connectivity index (χ3n) is 2.44. The molecule has 0 atom stereocenters. The summed E-state index contributed by atoms with van der Waals surface area (Å²) in [7, 11) is 0. The monoisotopic (exact) mass is 330 g/mol. The van der Waals surface area contributed by atoms with Crippen molar-refractivity contribution >= 4 is 28.3 Å². The van der Waals surface area contributed by atoms with E-state index in [0.29, 0.717) is 5.69 Å². The van der Waals surface area contributed by atoms with Gasteiger partial charge in [-0.15, -0.1) is 11.3 Å². The topological polar surface area (TPSA) is 98.0 Å². The number of anilines is 1. The van der Waals surface area contributed by atoms with Crippen LogP contribution in [0.3, 0.4) is 0 Å². The van der Waals surface area contributed by atoms with E-state index in [4.69, 9.17) is 5.73 Å². The highest BCUT2D eigenvalue weighted by Gasteiger charge is 2.32. The van der Waals surface area contributed by atoms with Crippen molar-refractivity contribution in [2.24, 2.45) is 5.73 Å². The third-order valence-corrected chi connectivity index (χ3v) is 3.25. The molecule has 0 aliphatic carbocycles. The second-order valence-corrected chi connectivity index (χ2v) is 5.03. The molecule has 2 rings (SSSR count).